The second-order valence-corrected chi connectivity index (χ2v) is 4.84. The Balaban J connectivity index is 2.01. The molecule has 1 aliphatic rings. The fourth-order valence-electron chi connectivity index (χ4n) is 2.49. The lowest BCUT2D eigenvalue weighted by Gasteiger charge is -2.32. The van der Waals surface area contributed by atoms with Gasteiger partial charge in [0.2, 0.25) is 0 Å². The van der Waals surface area contributed by atoms with Gasteiger partial charge in [0.25, 0.3) is 0 Å². The summed E-state index contributed by atoms with van der Waals surface area (Å²) in [5, 5.41) is 15.9. The third kappa shape index (κ3) is 3.09. The standard InChI is InChI=1S/C14H20N2O2/c1-10(11-5-3-2-4-6-11)16-13-9-15-8-7-12(13)14(17)18/h2-6,10,12-13,15-16H,7-9H2,1H3,(H,17,18)/t10-,12?,13-/m0/s1. The van der Waals surface area contributed by atoms with Crippen LogP contribution in [0.3, 0.4) is 0 Å². The second kappa shape index (κ2) is 5.98. The Morgan fingerprint density at radius 2 is 2.17 bits per heavy atom. The van der Waals surface area contributed by atoms with Gasteiger partial charge in [0.15, 0.2) is 0 Å². The van der Waals surface area contributed by atoms with Gasteiger partial charge in [-0.05, 0) is 25.5 Å². The zero-order chi connectivity index (χ0) is 13.0. The van der Waals surface area contributed by atoms with Gasteiger partial charge in [0.1, 0.15) is 0 Å². The zero-order valence-corrected chi connectivity index (χ0v) is 10.6. The van der Waals surface area contributed by atoms with Gasteiger partial charge in [-0.3, -0.25) is 4.79 Å². The number of aliphatic carboxylic acids is 1. The first-order chi connectivity index (χ1) is 8.68. The van der Waals surface area contributed by atoms with Gasteiger partial charge in [0.05, 0.1) is 5.92 Å². The molecule has 98 valence electrons. The van der Waals surface area contributed by atoms with E-state index >= 15 is 0 Å². The largest absolute Gasteiger partial charge is 0.481 e. The molecule has 4 heteroatoms. The van der Waals surface area contributed by atoms with E-state index in [0.717, 1.165) is 6.54 Å². The number of benzene rings is 1. The van der Waals surface area contributed by atoms with Gasteiger partial charge in [-0.1, -0.05) is 30.3 Å². The molecule has 0 radical (unpaired) electrons. The van der Waals surface area contributed by atoms with Crippen LogP contribution in [0.25, 0.3) is 0 Å². The molecule has 1 heterocycles. The van der Waals surface area contributed by atoms with Crippen LogP contribution in [-0.2, 0) is 4.79 Å². The fourth-order valence-corrected chi connectivity index (χ4v) is 2.49. The second-order valence-electron chi connectivity index (χ2n) is 4.84. The predicted molar refractivity (Wildman–Crippen MR) is 70.4 cm³/mol. The summed E-state index contributed by atoms with van der Waals surface area (Å²) in [6.07, 6.45) is 0.689. The number of nitrogens with one attached hydrogen (secondary N) is 2. The van der Waals surface area contributed by atoms with Crippen molar-refractivity contribution in [1.82, 2.24) is 10.6 Å². The molecule has 0 aromatic heterocycles. The molecule has 1 saturated heterocycles. The van der Waals surface area contributed by atoms with E-state index in [1.165, 1.54) is 5.56 Å². The Morgan fingerprint density at radius 3 is 2.83 bits per heavy atom. The van der Waals surface area contributed by atoms with Crippen LogP contribution in [-0.4, -0.2) is 30.2 Å². The molecule has 0 saturated carbocycles. The van der Waals surface area contributed by atoms with Gasteiger partial charge < -0.3 is 15.7 Å². The van der Waals surface area contributed by atoms with Gasteiger partial charge in [-0.2, -0.15) is 0 Å². The van der Waals surface area contributed by atoms with Crippen molar-refractivity contribution in [3.8, 4) is 0 Å². The van der Waals surface area contributed by atoms with Crippen molar-refractivity contribution < 1.29 is 9.90 Å². The highest BCUT2D eigenvalue weighted by atomic mass is 16.4. The summed E-state index contributed by atoms with van der Waals surface area (Å²) in [5.41, 5.74) is 1.19. The summed E-state index contributed by atoms with van der Waals surface area (Å²) >= 11 is 0. The Labute approximate surface area is 107 Å². The number of carboxylic acids is 1. The molecule has 0 aliphatic carbocycles. The van der Waals surface area contributed by atoms with Crippen molar-refractivity contribution >= 4 is 5.97 Å². The first kappa shape index (κ1) is 13.1. The zero-order valence-electron chi connectivity index (χ0n) is 10.6. The first-order valence-electron chi connectivity index (χ1n) is 6.43. The lowest BCUT2D eigenvalue weighted by Crippen LogP contribution is -2.52. The summed E-state index contributed by atoms with van der Waals surface area (Å²) in [6.45, 7) is 3.58. The van der Waals surface area contributed by atoms with Crippen molar-refractivity contribution in [2.75, 3.05) is 13.1 Å². The van der Waals surface area contributed by atoms with Gasteiger partial charge in [-0.25, -0.2) is 0 Å². The highest BCUT2D eigenvalue weighted by Gasteiger charge is 2.31. The minimum Gasteiger partial charge on any atom is -0.481 e. The molecule has 1 aromatic carbocycles. The monoisotopic (exact) mass is 248 g/mol. The van der Waals surface area contributed by atoms with Gasteiger partial charge in [0, 0.05) is 18.6 Å². The molecular formula is C14H20N2O2. The molecule has 1 fully saturated rings. The Hall–Kier alpha value is -1.39. The summed E-state index contributed by atoms with van der Waals surface area (Å²) in [7, 11) is 0. The lowest BCUT2D eigenvalue weighted by molar-refractivity contribution is -0.143. The van der Waals surface area contributed by atoms with Crippen LogP contribution < -0.4 is 10.6 Å². The van der Waals surface area contributed by atoms with Crippen LogP contribution in [0.2, 0.25) is 0 Å². The first-order valence-corrected chi connectivity index (χ1v) is 6.43. The molecule has 18 heavy (non-hydrogen) atoms. The summed E-state index contributed by atoms with van der Waals surface area (Å²) in [5.74, 6) is -0.994. The smallest absolute Gasteiger partial charge is 0.308 e. The SMILES string of the molecule is C[C@H](N[C@H]1CNCCC1C(=O)O)c1ccccc1. The van der Waals surface area contributed by atoms with Crippen LogP contribution in [0.4, 0.5) is 0 Å². The van der Waals surface area contributed by atoms with Crippen LogP contribution in [0.5, 0.6) is 0 Å². The average Bonchev–Trinajstić information content (AvgIpc) is 2.40. The molecule has 3 atom stereocenters. The van der Waals surface area contributed by atoms with Crippen LogP contribution in [0.1, 0.15) is 24.9 Å². The van der Waals surface area contributed by atoms with E-state index in [9.17, 15) is 9.90 Å². The van der Waals surface area contributed by atoms with Crippen molar-refractivity contribution in [1.29, 1.82) is 0 Å². The lowest BCUT2D eigenvalue weighted by atomic mass is 9.91. The maximum atomic E-state index is 11.2. The van der Waals surface area contributed by atoms with Gasteiger partial charge >= 0.3 is 5.97 Å². The van der Waals surface area contributed by atoms with E-state index in [1.807, 2.05) is 18.2 Å². The topological polar surface area (TPSA) is 61.4 Å². The molecule has 0 amide bonds. The molecule has 0 spiro atoms. The number of carboxylic acid groups (broad SMARTS) is 1. The minimum atomic E-state index is -0.700. The molecular weight excluding hydrogens is 228 g/mol. The average molecular weight is 248 g/mol. The highest BCUT2D eigenvalue weighted by Crippen LogP contribution is 2.18. The Kier molecular flexibility index (Phi) is 4.33. The normalized spacial score (nSPS) is 25.6. The number of hydrogen-bond acceptors (Lipinski definition) is 3. The number of hydrogen-bond donors (Lipinski definition) is 3. The van der Waals surface area contributed by atoms with E-state index in [2.05, 4.69) is 29.7 Å². The van der Waals surface area contributed by atoms with Crippen molar-refractivity contribution in [2.24, 2.45) is 5.92 Å². The molecule has 1 unspecified atom stereocenters. The quantitative estimate of drug-likeness (QED) is 0.754. The maximum absolute atomic E-state index is 11.2. The molecule has 1 aliphatic heterocycles. The Morgan fingerprint density at radius 1 is 1.44 bits per heavy atom. The van der Waals surface area contributed by atoms with Crippen LogP contribution in [0.15, 0.2) is 30.3 Å². The molecule has 2 rings (SSSR count). The van der Waals surface area contributed by atoms with Crippen molar-refractivity contribution in [3.63, 3.8) is 0 Å². The highest BCUT2D eigenvalue weighted by molar-refractivity contribution is 5.71. The fraction of sp³-hybridized carbons (Fsp3) is 0.500. The molecule has 3 N–H and O–H groups in total. The van der Waals surface area contributed by atoms with E-state index in [-0.39, 0.29) is 18.0 Å². The van der Waals surface area contributed by atoms with Crippen molar-refractivity contribution in [3.05, 3.63) is 35.9 Å². The molecule has 1 aromatic rings. The number of piperidine rings is 1. The number of rotatable bonds is 4. The van der Waals surface area contributed by atoms with Crippen LogP contribution in [0, 0.1) is 5.92 Å². The summed E-state index contributed by atoms with van der Waals surface area (Å²) in [6, 6.07) is 10.3. The van der Waals surface area contributed by atoms with Crippen LogP contribution >= 0.6 is 0 Å². The van der Waals surface area contributed by atoms with E-state index in [1.54, 1.807) is 0 Å². The summed E-state index contributed by atoms with van der Waals surface area (Å²) in [4.78, 5) is 11.2. The van der Waals surface area contributed by atoms with E-state index in [4.69, 9.17) is 0 Å². The summed E-state index contributed by atoms with van der Waals surface area (Å²) < 4.78 is 0. The number of carbonyl (C=O) groups is 1. The third-order valence-corrected chi connectivity index (χ3v) is 3.56. The minimum absolute atomic E-state index is 0.00791. The van der Waals surface area contributed by atoms with Crippen molar-refractivity contribution in [2.45, 2.75) is 25.4 Å². The molecule has 0 bridgehead atoms. The van der Waals surface area contributed by atoms with E-state index < -0.39 is 5.97 Å². The maximum Gasteiger partial charge on any atom is 0.308 e. The van der Waals surface area contributed by atoms with Gasteiger partial charge in [-0.15, -0.1) is 0 Å². The Bertz CT molecular complexity index is 394. The third-order valence-electron chi connectivity index (χ3n) is 3.56. The van der Waals surface area contributed by atoms with E-state index in [0.29, 0.717) is 13.0 Å². The predicted octanol–water partition coefficient (Wildman–Crippen LogP) is 1.40. The molecule has 4 nitrogen and oxygen atoms in total.